The molecule has 0 aliphatic heterocycles. The molecule has 1 rings (SSSR count). The number of nitrogens with two attached hydrogens (primary N) is 1. The Morgan fingerprint density at radius 3 is 2.25 bits per heavy atom. The molecule has 2 amide bonds. The van der Waals surface area contributed by atoms with E-state index in [1.165, 1.54) is 12.1 Å². The van der Waals surface area contributed by atoms with Crippen molar-refractivity contribution in [3.8, 4) is 5.75 Å². The predicted octanol–water partition coefficient (Wildman–Crippen LogP) is 2.14. The van der Waals surface area contributed by atoms with E-state index < -0.39 is 31.1 Å². The number of primary amides is 1. The number of carbonyl (C=O) groups is 2. The molecule has 2 N–H and O–H groups in total. The van der Waals surface area contributed by atoms with Gasteiger partial charge in [-0.1, -0.05) is 26.0 Å². The molecule has 134 valence electrons. The van der Waals surface area contributed by atoms with E-state index in [0.29, 0.717) is 11.3 Å². The highest BCUT2D eigenvalue weighted by Gasteiger charge is 2.33. The third kappa shape index (κ3) is 7.85. The van der Waals surface area contributed by atoms with Crippen molar-refractivity contribution in [1.29, 1.82) is 0 Å². The van der Waals surface area contributed by atoms with Gasteiger partial charge in [0.2, 0.25) is 5.91 Å². The average Bonchev–Trinajstić information content (AvgIpc) is 2.43. The third-order valence-corrected chi connectivity index (χ3v) is 2.97. The first-order chi connectivity index (χ1) is 11.1. The maximum absolute atomic E-state index is 12.6. The second kappa shape index (κ2) is 8.56. The van der Waals surface area contributed by atoms with Crippen LogP contribution in [0.15, 0.2) is 24.3 Å². The molecule has 0 spiro atoms. The van der Waals surface area contributed by atoms with Crippen LogP contribution in [0, 0.1) is 5.92 Å². The molecule has 0 aromatic heterocycles. The molecule has 0 aliphatic carbocycles. The predicted molar refractivity (Wildman–Crippen MR) is 82.3 cm³/mol. The zero-order valence-corrected chi connectivity index (χ0v) is 13.6. The van der Waals surface area contributed by atoms with E-state index in [1.807, 2.05) is 0 Å². The minimum absolute atomic E-state index is 0.000741. The van der Waals surface area contributed by atoms with Crippen LogP contribution in [0.25, 0.3) is 0 Å². The fourth-order valence-corrected chi connectivity index (χ4v) is 2.05. The molecular weight excluding hydrogens is 325 g/mol. The fourth-order valence-electron chi connectivity index (χ4n) is 2.05. The van der Waals surface area contributed by atoms with E-state index in [1.54, 1.807) is 26.0 Å². The fraction of sp³-hybridized carbons (Fsp3) is 0.500. The number of alkyl halides is 3. The van der Waals surface area contributed by atoms with Crippen molar-refractivity contribution in [2.24, 2.45) is 11.7 Å². The quantitative estimate of drug-likeness (QED) is 0.784. The lowest BCUT2D eigenvalue weighted by atomic mass is 10.1. The second-order valence-corrected chi connectivity index (χ2v) is 5.86. The van der Waals surface area contributed by atoms with Crippen LogP contribution in [0.2, 0.25) is 0 Å². The summed E-state index contributed by atoms with van der Waals surface area (Å²) in [6.07, 6.45) is -4.38. The van der Waals surface area contributed by atoms with E-state index in [9.17, 15) is 22.8 Å². The van der Waals surface area contributed by atoms with Crippen molar-refractivity contribution < 1.29 is 27.5 Å². The van der Waals surface area contributed by atoms with Gasteiger partial charge in [-0.3, -0.25) is 9.59 Å². The van der Waals surface area contributed by atoms with Crippen molar-refractivity contribution in [3.05, 3.63) is 29.8 Å². The molecule has 0 aliphatic rings. The monoisotopic (exact) mass is 346 g/mol. The molecule has 8 heteroatoms. The molecule has 0 bridgehead atoms. The molecule has 0 radical (unpaired) electrons. The lowest BCUT2D eigenvalue weighted by Gasteiger charge is -2.25. The maximum atomic E-state index is 12.6. The van der Waals surface area contributed by atoms with E-state index in [0.717, 1.165) is 4.90 Å². The number of ether oxygens (including phenoxy) is 1. The molecule has 5 nitrogen and oxygen atoms in total. The topological polar surface area (TPSA) is 72.6 Å². The van der Waals surface area contributed by atoms with E-state index in [-0.39, 0.29) is 18.9 Å². The Hall–Kier alpha value is -2.25. The third-order valence-electron chi connectivity index (χ3n) is 2.97. The van der Waals surface area contributed by atoms with Gasteiger partial charge in [0.25, 0.3) is 5.91 Å². The highest BCUT2D eigenvalue weighted by molar-refractivity contribution is 5.78. The lowest BCUT2D eigenvalue weighted by Crippen LogP contribution is -2.43. The summed E-state index contributed by atoms with van der Waals surface area (Å²) in [6.45, 7) is 1.67. The standard InChI is InChI=1S/C16H21F3N2O3/c1-11(2)8-21(10-16(17,18)19)15(23)9-24-13-5-3-12(4-6-13)7-14(20)22/h3-6,11H,7-10H2,1-2H3,(H2,20,22). The summed E-state index contributed by atoms with van der Waals surface area (Å²) in [5.74, 6) is -0.977. The van der Waals surface area contributed by atoms with Crippen LogP contribution in [0.3, 0.4) is 0 Å². The number of rotatable bonds is 8. The van der Waals surface area contributed by atoms with Crippen LogP contribution >= 0.6 is 0 Å². The van der Waals surface area contributed by atoms with Crippen molar-refractivity contribution in [2.45, 2.75) is 26.4 Å². The summed E-state index contributed by atoms with van der Waals surface area (Å²) < 4.78 is 42.9. The molecule has 0 saturated heterocycles. The van der Waals surface area contributed by atoms with E-state index in [4.69, 9.17) is 10.5 Å². The Morgan fingerprint density at radius 1 is 1.21 bits per heavy atom. The molecule has 1 aromatic carbocycles. The summed E-state index contributed by atoms with van der Waals surface area (Å²) in [6, 6.07) is 6.27. The van der Waals surface area contributed by atoms with Crippen LogP contribution in [-0.4, -0.2) is 42.6 Å². The van der Waals surface area contributed by atoms with Crippen LogP contribution in [0.1, 0.15) is 19.4 Å². The number of nitrogens with zero attached hydrogens (tertiary/aromatic N) is 1. The number of amides is 2. The molecular formula is C16H21F3N2O3. The molecule has 0 saturated carbocycles. The SMILES string of the molecule is CC(C)CN(CC(F)(F)F)C(=O)COc1ccc(CC(N)=O)cc1. The summed E-state index contributed by atoms with van der Waals surface area (Å²) >= 11 is 0. The summed E-state index contributed by atoms with van der Waals surface area (Å²) in [4.78, 5) is 23.5. The van der Waals surface area contributed by atoms with Crippen LogP contribution in [0.4, 0.5) is 13.2 Å². The van der Waals surface area contributed by atoms with Gasteiger partial charge in [-0.25, -0.2) is 0 Å². The Balaban J connectivity index is 2.62. The van der Waals surface area contributed by atoms with Crippen LogP contribution < -0.4 is 10.5 Å². The first kappa shape index (κ1) is 19.8. The first-order valence-electron chi connectivity index (χ1n) is 7.41. The van der Waals surface area contributed by atoms with Gasteiger partial charge in [0.05, 0.1) is 6.42 Å². The average molecular weight is 346 g/mol. The number of carbonyl (C=O) groups excluding carboxylic acids is 2. The van der Waals surface area contributed by atoms with Crippen molar-refractivity contribution >= 4 is 11.8 Å². The highest BCUT2D eigenvalue weighted by Crippen LogP contribution is 2.18. The van der Waals surface area contributed by atoms with Gasteiger partial charge in [0.15, 0.2) is 6.61 Å². The van der Waals surface area contributed by atoms with Gasteiger partial charge >= 0.3 is 6.18 Å². The Labute approximate surface area is 138 Å². The largest absolute Gasteiger partial charge is 0.484 e. The lowest BCUT2D eigenvalue weighted by molar-refractivity contribution is -0.163. The smallest absolute Gasteiger partial charge is 0.406 e. The maximum Gasteiger partial charge on any atom is 0.406 e. The van der Waals surface area contributed by atoms with Gasteiger partial charge in [0.1, 0.15) is 12.3 Å². The Morgan fingerprint density at radius 2 is 1.79 bits per heavy atom. The molecule has 1 aromatic rings. The second-order valence-electron chi connectivity index (χ2n) is 5.86. The summed E-state index contributed by atoms with van der Waals surface area (Å²) in [5.41, 5.74) is 5.75. The number of halogens is 3. The van der Waals surface area contributed by atoms with Gasteiger partial charge < -0.3 is 15.4 Å². The molecule has 0 fully saturated rings. The van der Waals surface area contributed by atoms with Gasteiger partial charge in [-0.05, 0) is 23.6 Å². The first-order valence-corrected chi connectivity index (χ1v) is 7.41. The van der Waals surface area contributed by atoms with Crippen molar-refractivity contribution in [2.75, 3.05) is 19.7 Å². The normalized spacial score (nSPS) is 11.4. The Bertz CT molecular complexity index is 557. The number of benzene rings is 1. The number of hydrogen-bond acceptors (Lipinski definition) is 3. The Kier molecular flexibility index (Phi) is 7.06. The molecule has 0 atom stereocenters. The molecule has 24 heavy (non-hydrogen) atoms. The van der Waals surface area contributed by atoms with E-state index in [2.05, 4.69) is 0 Å². The highest BCUT2D eigenvalue weighted by atomic mass is 19.4. The zero-order valence-electron chi connectivity index (χ0n) is 13.6. The summed E-state index contributed by atoms with van der Waals surface area (Å²) in [5, 5.41) is 0. The van der Waals surface area contributed by atoms with Crippen molar-refractivity contribution in [1.82, 2.24) is 4.90 Å². The molecule has 0 unspecified atom stereocenters. The van der Waals surface area contributed by atoms with Crippen molar-refractivity contribution in [3.63, 3.8) is 0 Å². The van der Waals surface area contributed by atoms with Crippen LogP contribution in [0.5, 0.6) is 5.75 Å². The minimum Gasteiger partial charge on any atom is -0.484 e. The summed E-state index contributed by atoms with van der Waals surface area (Å²) in [7, 11) is 0. The zero-order chi connectivity index (χ0) is 18.3. The van der Waals surface area contributed by atoms with Gasteiger partial charge in [-0.15, -0.1) is 0 Å². The van der Waals surface area contributed by atoms with E-state index >= 15 is 0 Å². The van der Waals surface area contributed by atoms with Gasteiger partial charge in [0, 0.05) is 6.54 Å². The number of hydrogen-bond donors (Lipinski definition) is 1. The van der Waals surface area contributed by atoms with Gasteiger partial charge in [-0.2, -0.15) is 13.2 Å². The van der Waals surface area contributed by atoms with Crippen LogP contribution in [-0.2, 0) is 16.0 Å². The molecule has 0 heterocycles. The minimum atomic E-state index is -4.46.